The van der Waals surface area contributed by atoms with Gasteiger partial charge in [-0.3, -0.25) is 0 Å². The first kappa shape index (κ1) is 28.3. The third-order valence-corrected chi connectivity index (χ3v) is 11.8. The summed E-state index contributed by atoms with van der Waals surface area (Å²) in [5, 5.41) is 7.72. The molecule has 0 aliphatic heterocycles. The Morgan fingerprint density at radius 2 is 1.14 bits per heavy atom. The molecule has 1 heterocycles. The highest BCUT2D eigenvalue weighted by Crippen LogP contribution is 2.56. The molecular weight excluding hydrogens is 611 g/mol. The van der Waals surface area contributed by atoms with Gasteiger partial charge < -0.3 is 4.90 Å². The van der Waals surface area contributed by atoms with Crippen LogP contribution >= 0.6 is 11.3 Å². The van der Waals surface area contributed by atoms with E-state index in [1.54, 1.807) is 0 Å². The van der Waals surface area contributed by atoms with Gasteiger partial charge in [0.1, 0.15) is 0 Å². The number of benzene rings is 8. The smallest absolute Gasteiger partial charge is 0.0640 e. The predicted octanol–water partition coefficient (Wildman–Crippen LogP) is 13.8. The van der Waals surface area contributed by atoms with Crippen molar-refractivity contribution in [3.8, 4) is 22.3 Å². The molecule has 10 rings (SSSR count). The number of hydrogen-bond acceptors (Lipinski definition) is 2. The SMILES string of the molecule is CC1(C)c2ccccc2-c2c(-c3ccc(N(c4ccccc4)c4cccc5c4sc4ccccc45)c4ccccc34)cc3ccccc3c21. The minimum absolute atomic E-state index is 0.107. The van der Waals surface area contributed by atoms with Crippen molar-refractivity contribution in [3.05, 3.63) is 175 Å². The van der Waals surface area contributed by atoms with Crippen LogP contribution in [0.3, 0.4) is 0 Å². The zero-order valence-electron chi connectivity index (χ0n) is 27.4. The molecule has 232 valence electrons. The van der Waals surface area contributed by atoms with Crippen LogP contribution in [0.25, 0.3) is 64.0 Å². The summed E-state index contributed by atoms with van der Waals surface area (Å²) in [6.45, 7) is 4.78. The van der Waals surface area contributed by atoms with Gasteiger partial charge >= 0.3 is 0 Å². The third kappa shape index (κ3) is 4.11. The fraction of sp³-hybridized carbons (Fsp3) is 0.0638. The van der Waals surface area contributed by atoms with Crippen molar-refractivity contribution in [2.75, 3.05) is 4.90 Å². The highest BCUT2D eigenvalue weighted by molar-refractivity contribution is 7.26. The van der Waals surface area contributed by atoms with Crippen LogP contribution in [-0.4, -0.2) is 0 Å². The molecule has 8 aromatic carbocycles. The van der Waals surface area contributed by atoms with E-state index in [0.717, 1.165) is 5.69 Å². The van der Waals surface area contributed by atoms with Crippen molar-refractivity contribution in [2.24, 2.45) is 0 Å². The molecule has 1 aromatic heterocycles. The van der Waals surface area contributed by atoms with Crippen molar-refractivity contribution < 1.29 is 0 Å². The zero-order valence-corrected chi connectivity index (χ0v) is 28.3. The van der Waals surface area contributed by atoms with Gasteiger partial charge in [-0.25, -0.2) is 0 Å². The Bertz CT molecular complexity index is 2750. The van der Waals surface area contributed by atoms with Crippen LogP contribution < -0.4 is 4.90 Å². The normalized spacial score (nSPS) is 13.3. The summed E-state index contributed by atoms with van der Waals surface area (Å²) in [5.74, 6) is 0. The summed E-state index contributed by atoms with van der Waals surface area (Å²) in [5.41, 5.74) is 11.5. The number of thiophene rings is 1. The Labute approximate surface area is 290 Å². The molecular formula is C47H33NS. The molecule has 0 bridgehead atoms. The molecule has 2 heteroatoms. The van der Waals surface area contributed by atoms with Crippen LogP contribution in [0, 0.1) is 0 Å². The van der Waals surface area contributed by atoms with Gasteiger partial charge in [-0.1, -0.05) is 141 Å². The van der Waals surface area contributed by atoms with Crippen LogP contribution in [0.2, 0.25) is 0 Å². The first-order valence-electron chi connectivity index (χ1n) is 17.0. The first-order chi connectivity index (χ1) is 24.1. The lowest BCUT2D eigenvalue weighted by molar-refractivity contribution is 0.666. The van der Waals surface area contributed by atoms with E-state index in [1.807, 2.05) is 11.3 Å². The summed E-state index contributed by atoms with van der Waals surface area (Å²) >= 11 is 1.88. The topological polar surface area (TPSA) is 3.24 Å². The van der Waals surface area contributed by atoms with Crippen molar-refractivity contribution >= 4 is 70.1 Å². The van der Waals surface area contributed by atoms with E-state index in [-0.39, 0.29) is 5.41 Å². The molecule has 0 saturated heterocycles. The Morgan fingerprint density at radius 3 is 2.00 bits per heavy atom. The Morgan fingerprint density at radius 1 is 0.469 bits per heavy atom. The number of fused-ring (bicyclic) bond motifs is 9. The van der Waals surface area contributed by atoms with Gasteiger partial charge in [0.25, 0.3) is 0 Å². The Kier molecular flexibility index (Phi) is 6.16. The van der Waals surface area contributed by atoms with E-state index in [2.05, 4.69) is 183 Å². The summed E-state index contributed by atoms with van der Waals surface area (Å²) in [7, 11) is 0. The summed E-state index contributed by atoms with van der Waals surface area (Å²) in [4.78, 5) is 2.47. The molecule has 0 radical (unpaired) electrons. The molecule has 9 aromatic rings. The van der Waals surface area contributed by atoms with E-state index in [9.17, 15) is 0 Å². The molecule has 49 heavy (non-hydrogen) atoms. The number of anilines is 3. The van der Waals surface area contributed by atoms with Gasteiger partial charge in [0.15, 0.2) is 0 Å². The maximum atomic E-state index is 2.47. The molecule has 0 unspecified atom stereocenters. The molecule has 0 fully saturated rings. The monoisotopic (exact) mass is 643 g/mol. The summed E-state index contributed by atoms with van der Waals surface area (Å²) in [6.07, 6.45) is 0. The van der Waals surface area contributed by atoms with Gasteiger partial charge in [0.2, 0.25) is 0 Å². The van der Waals surface area contributed by atoms with E-state index < -0.39 is 0 Å². The molecule has 0 atom stereocenters. The minimum Gasteiger partial charge on any atom is -0.308 e. The predicted molar refractivity (Wildman–Crippen MR) is 212 cm³/mol. The van der Waals surface area contributed by atoms with Gasteiger partial charge in [-0.05, 0) is 85.9 Å². The highest BCUT2D eigenvalue weighted by atomic mass is 32.1. The Hall–Kier alpha value is -5.70. The fourth-order valence-electron chi connectivity index (χ4n) is 8.48. The standard InChI is InChI=1S/C47H33NS/c1-47(2)40-24-12-10-22-38(40)44-39(29-30-15-6-7-18-32(30)45(44)47)34-27-28-41(35-20-9-8-19-33(34)35)48(31-16-4-3-5-17-31)42-25-14-23-37-36-21-11-13-26-43(36)49-46(37)42/h3-29H,1-2H3. The van der Waals surface area contributed by atoms with E-state index >= 15 is 0 Å². The number of nitrogens with zero attached hydrogens (tertiary/aromatic N) is 1. The molecule has 0 amide bonds. The summed E-state index contributed by atoms with van der Waals surface area (Å²) < 4.78 is 2.61. The molecule has 1 aliphatic rings. The molecule has 1 nitrogen and oxygen atoms in total. The van der Waals surface area contributed by atoms with Crippen molar-refractivity contribution in [1.29, 1.82) is 0 Å². The van der Waals surface area contributed by atoms with Crippen molar-refractivity contribution in [3.63, 3.8) is 0 Å². The minimum atomic E-state index is -0.107. The lowest BCUT2D eigenvalue weighted by Crippen LogP contribution is -2.15. The number of hydrogen-bond donors (Lipinski definition) is 0. The molecule has 0 N–H and O–H groups in total. The van der Waals surface area contributed by atoms with Crippen LogP contribution in [0.15, 0.2) is 164 Å². The number of rotatable bonds is 4. The highest BCUT2D eigenvalue weighted by Gasteiger charge is 2.38. The Balaban J connectivity index is 1.27. The second-order valence-electron chi connectivity index (χ2n) is 13.7. The fourth-order valence-corrected chi connectivity index (χ4v) is 9.68. The lowest BCUT2D eigenvalue weighted by Gasteiger charge is -2.28. The number of para-hydroxylation sites is 1. The molecule has 1 aliphatic carbocycles. The van der Waals surface area contributed by atoms with E-state index in [1.165, 1.54) is 86.5 Å². The van der Waals surface area contributed by atoms with Crippen LogP contribution in [0.4, 0.5) is 17.1 Å². The van der Waals surface area contributed by atoms with E-state index in [0.29, 0.717) is 0 Å². The largest absolute Gasteiger partial charge is 0.308 e. The van der Waals surface area contributed by atoms with Crippen molar-refractivity contribution in [1.82, 2.24) is 0 Å². The third-order valence-electron chi connectivity index (χ3n) is 10.6. The quantitative estimate of drug-likeness (QED) is 0.184. The average molecular weight is 644 g/mol. The lowest BCUT2D eigenvalue weighted by atomic mass is 9.79. The average Bonchev–Trinajstić information content (AvgIpc) is 3.65. The van der Waals surface area contributed by atoms with Gasteiger partial charge in [-0.15, -0.1) is 11.3 Å². The summed E-state index contributed by atoms with van der Waals surface area (Å²) in [6, 6.07) is 60.4. The maximum absolute atomic E-state index is 2.47. The van der Waals surface area contributed by atoms with Crippen molar-refractivity contribution in [2.45, 2.75) is 19.3 Å². The second kappa shape index (κ2) is 10.7. The van der Waals surface area contributed by atoms with Crippen LogP contribution in [0.5, 0.6) is 0 Å². The van der Waals surface area contributed by atoms with Gasteiger partial charge in [0.05, 0.1) is 16.1 Å². The first-order valence-corrected chi connectivity index (χ1v) is 17.8. The maximum Gasteiger partial charge on any atom is 0.0640 e. The van der Waals surface area contributed by atoms with E-state index in [4.69, 9.17) is 0 Å². The molecule has 0 spiro atoms. The van der Waals surface area contributed by atoms with Gasteiger partial charge in [0, 0.05) is 32.0 Å². The van der Waals surface area contributed by atoms with Crippen LogP contribution in [-0.2, 0) is 5.41 Å². The second-order valence-corrected chi connectivity index (χ2v) is 14.7. The zero-order chi connectivity index (χ0) is 32.7. The molecule has 0 saturated carbocycles. The van der Waals surface area contributed by atoms with Crippen LogP contribution in [0.1, 0.15) is 25.0 Å². The van der Waals surface area contributed by atoms with Gasteiger partial charge in [-0.2, -0.15) is 0 Å².